The standard InChI is InChI=1S/C14H18N2O3/c1-9-5-6-11(8-10(9)2)15-14(19)16-7-3-4-12(16)13(17)18/h5-6,8,12H,3-4,7H2,1-2H3,(H,15,19)(H,17,18)/t12-/m1/s1. The summed E-state index contributed by atoms with van der Waals surface area (Å²) in [5.41, 5.74) is 2.95. The lowest BCUT2D eigenvalue weighted by Gasteiger charge is -2.22. The summed E-state index contributed by atoms with van der Waals surface area (Å²) >= 11 is 0. The van der Waals surface area contributed by atoms with Gasteiger partial charge in [0, 0.05) is 12.2 Å². The van der Waals surface area contributed by atoms with Gasteiger partial charge in [-0.25, -0.2) is 9.59 Å². The van der Waals surface area contributed by atoms with E-state index < -0.39 is 12.0 Å². The fourth-order valence-electron chi connectivity index (χ4n) is 2.28. The van der Waals surface area contributed by atoms with Gasteiger partial charge in [0.2, 0.25) is 0 Å². The molecule has 0 bridgehead atoms. The normalized spacial score (nSPS) is 18.4. The number of aliphatic carboxylic acids is 1. The molecule has 1 fully saturated rings. The van der Waals surface area contributed by atoms with Crippen LogP contribution >= 0.6 is 0 Å². The number of hydrogen-bond acceptors (Lipinski definition) is 2. The van der Waals surface area contributed by atoms with Crippen LogP contribution in [0.15, 0.2) is 18.2 Å². The number of rotatable bonds is 2. The lowest BCUT2D eigenvalue weighted by Crippen LogP contribution is -2.42. The fourth-order valence-corrected chi connectivity index (χ4v) is 2.28. The number of anilines is 1. The topological polar surface area (TPSA) is 69.6 Å². The third kappa shape index (κ3) is 2.86. The highest BCUT2D eigenvalue weighted by molar-refractivity contribution is 5.92. The molecule has 1 aliphatic rings. The molecule has 102 valence electrons. The van der Waals surface area contributed by atoms with Crippen LogP contribution < -0.4 is 5.32 Å². The molecule has 5 nitrogen and oxygen atoms in total. The summed E-state index contributed by atoms with van der Waals surface area (Å²) in [5, 5.41) is 11.8. The van der Waals surface area contributed by atoms with Gasteiger partial charge in [0.05, 0.1) is 0 Å². The molecule has 2 rings (SSSR count). The van der Waals surface area contributed by atoms with Gasteiger partial charge < -0.3 is 15.3 Å². The number of hydrogen-bond donors (Lipinski definition) is 2. The molecule has 0 spiro atoms. The van der Waals surface area contributed by atoms with Crippen LogP contribution in [0.3, 0.4) is 0 Å². The van der Waals surface area contributed by atoms with Gasteiger partial charge in [-0.15, -0.1) is 0 Å². The van der Waals surface area contributed by atoms with Crippen LogP contribution in [-0.4, -0.2) is 34.6 Å². The summed E-state index contributed by atoms with van der Waals surface area (Å²) in [6.45, 7) is 4.47. The monoisotopic (exact) mass is 262 g/mol. The summed E-state index contributed by atoms with van der Waals surface area (Å²) < 4.78 is 0. The summed E-state index contributed by atoms with van der Waals surface area (Å²) in [6.07, 6.45) is 1.26. The van der Waals surface area contributed by atoms with E-state index in [1.807, 2.05) is 32.0 Å². The molecule has 1 aliphatic heterocycles. The second kappa shape index (κ2) is 5.30. The molecule has 1 aromatic rings. The number of nitrogens with zero attached hydrogens (tertiary/aromatic N) is 1. The Balaban J connectivity index is 2.08. The van der Waals surface area contributed by atoms with Gasteiger partial charge in [0.15, 0.2) is 0 Å². The lowest BCUT2D eigenvalue weighted by molar-refractivity contribution is -0.141. The highest BCUT2D eigenvalue weighted by Gasteiger charge is 2.33. The lowest BCUT2D eigenvalue weighted by atomic mass is 10.1. The van der Waals surface area contributed by atoms with Gasteiger partial charge in [-0.1, -0.05) is 6.07 Å². The van der Waals surface area contributed by atoms with E-state index in [0.29, 0.717) is 18.7 Å². The average Bonchev–Trinajstić information content (AvgIpc) is 2.83. The molecule has 0 aliphatic carbocycles. The van der Waals surface area contributed by atoms with Gasteiger partial charge in [-0.3, -0.25) is 0 Å². The number of carboxylic acids is 1. The Morgan fingerprint density at radius 1 is 1.32 bits per heavy atom. The minimum absolute atomic E-state index is 0.340. The molecule has 0 radical (unpaired) electrons. The maximum atomic E-state index is 12.1. The summed E-state index contributed by atoms with van der Waals surface area (Å²) in [5.74, 6) is -0.937. The molecule has 1 aromatic carbocycles. The Morgan fingerprint density at radius 3 is 2.68 bits per heavy atom. The Morgan fingerprint density at radius 2 is 2.05 bits per heavy atom. The van der Waals surface area contributed by atoms with E-state index in [0.717, 1.165) is 17.5 Å². The maximum absolute atomic E-state index is 12.1. The number of benzene rings is 1. The second-order valence-electron chi connectivity index (χ2n) is 4.92. The molecule has 1 atom stereocenters. The van der Waals surface area contributed by atoms with Crippen molar-refractivity contribution in [3.05, 3.63) is 29.3 Å². The number of carbonyl (C=O) groups is 2. The smallest absolute Gasteiger partial charge is 0.326 e. The third-order valence-corrected chi connectivity index (χ3v) is 3.56. The van der Waals surface area contributed by atoms with E-state index in [-0.39, 0.29) is 6.03 Å². The van der Waals surface area contributed by atoms with Crippen molar-refractivity contribution in [1.82, 2.24) is 4.90 Å². The molecule has 19 heavy (non-hydrogen) atoms. The summed E-state index contributed by atoms with van der Waals surface area (Å²) in [4.78, 5) is 24.5. The van der Waals surface area contributed by atoms with Crippen LogP contribution in [0.1, 0.15) is 24.0 Å². The van der Waals surface area contributed by atoms with E-state index in [4.69, 9.17) is 5.11 Å². The molecule has 1 heterocycles. The van der Waals surface area contributed by atoms with Crippen molar-refractivity contribution in [1.29, 1.82) is 0 Å². The molecule has 1 saturated heterocycles. The number of aryl methyl sites for hydroxylation is 2. The number of nitrogens with one attached hydrogen (secondary N) is 1. The molecular weight excluding hydrogens is 244 g/mol. The van der Waals surface area contributed by atoms with Gasteiger partial charge in [-0.05, 0) is 49.9 Å². The van der Waals surface area contributed by atoms with E-state index >= 15 is 0 Å². The number of urea groups is 1. The van der Waals surface area contributed by atoms with E-state index in [1.54, 1.807) is 0 Å². The first kappa shape index (κ1) is 13.4. The fraction of sp³-hybridized carbons (Fsp3) is 0.429. The first-order valence-electron chi connectivity index (χ1n) is 6.36. The minimum atomic E-state index is -0.937. The van der Waals surface area contributed by atoms with E-state index in [9.17, 15) is 9.59 Å². The molecule has 0 unspecified atom stereocenters. The second-order valence-corrected chi connectivity index (χ2v) is 4.92. The van der Waals surface area contributed by atoms with Crippen LogP contribution in [-0.2, 0) is 4.79 Å². The Hall–Kier alpha value is -2.04. The molecule has 2 amide bonds. The minimum Gasteiger partial charge on any atom is -0.480 e. The predicted molar refractivity (Wildman–Crippen MR) is 72.3 cm³/mol. The highest BCUT2D eigenvalue weighted by atomic mass is 16.4. The number of likely N-dealkylation sites (tertiary alicyclic amines) is 1. The van der Waals surface area contributed by atoms with Crippen LogP contribution in [0, 0.1) is 13.8 Å². The van der Waals surface area contributed by atoms with Gasteiger partial charge >= 0.3 is 12.0 Å². The van der Waals surface area contributed by atoms with Crippen molar-refractivity contribution in [3.8, 4) is 0 Å². The molecule has 2 N–H and O–H groups in total. The van der Waals surface area contributed by atoms with Crippen LogP contribution in [0.5, 0.6) is 0 Å². The predicted octanol–water partition coefficient (Wildman–Crippen LogP) is 2.38. The summed E-state index contributed by atoms with van der Waals surface area (Å²) in [7, 11) is 0. The van der Waals surface area contributed by atoms with Gasteiger partial charge in [-0.2, -0.15) is 0 Å². The maximum Gasteiger partial charge on any atom is 0.326 e. The zero-order valence-corrected chi connectivity index (χ0v) is 11.1. The third-order valence-electron chi connectivity index (χ3n) is 3.56. The highest BCUT2D eigenvalue weighted by Crippen LogP contribution is 2.20. The first-order valence-corrected chi connectivity index (χ1v) is 6.36. The Labute approximate surface area is 112 Å². The van der Waals surface area contributed by atoms with Crippen molar-refractivity contribution < 1.29 is 14.7 Å². The quantitative estimate of drug-likeness (QED) is 0.859. The Kier molecular flexibility index (Phi) is 3.74. The molecule has 0 aromatic heterocycles. The van der Waals surface area contributed by atoms with Crippen LogP contribution in [0.25, 0.3) is 0 Å². The zero-order chi connectivity index (χ0) is 14.0. The van der Waals surface area contributed by atoms with Crippen molar-refractivity contribution in [3.63, 3.8) is 0 Å². The molecule has 5 heteroatoms. The van der Waals surface area contributed by atoms with E-state index in [2.05, 4.69) is 5.32 Å². The average molecular weight is 262 g/mol. The molecule has 0 saturated carbocycles. The number of carboxylic acid groups (broad SMARTS) is 1. The first-order chi connectivity index (χ1) is 8.99. The number of amides is 2. The Bertz CT molecular complexity index is 513. The number of carbonyl (C=O) groups excluding carboxylic acids is 1. The van der Waals surface area contributed by atoms with Crippen LogP contribution in [0.2, 0.25) is 0 Å². The van der Waals surface area contributed by atoms with Gasteiger partial charge in [0.1, 0.15) is 6.04 Å². The van der Waals surface area contributed by atoms with Crippen molar-refractivity contribution in [2.75, 3.05) is 11.9 Å². The molecular formula is C14H18N2O3. The van der Waals surface area contributed by atoms with Crippen molar-refractivity contribution in [2.45, 2.75) is 32.7 Å². The summed E-state index contributed by atoms with van der Waals surface area (Å²) in [6, 6.07) is 4.61. The largest absolute Gasteiger partial charge is 0.480 e. The van der Waals surface area contributed by atoms with Crippen molar-refractivity contribution in [2.24, 2.45) is 0 Å². The SMILES string of the molecule is Cc1ccc(NC(=O)N2CCC[C@@H]2C(=O)O)cc1C. The van der Waals surface area contributed by atoms with Crippen molar-refractivity contribution >= 4 is 17.7 Å². The van der Waals surface area contributed by atoms with Gasteiger partial charge in [0.25, 0.3) is 0 Å². The zero-order valence-electron chi connectivity index (χ0n) is 11.1. The van der Waals surface area contributed by atoms with E-state index in [1.165, 1.54) is 4.90 Å². The van der Waals surface area contributed by atoms with Crippen LogP contribution in [0.4, 0.5) is 10.5 Å².